The van der Waals surface area contributed by atoms with Gasteiger partial charge in [0.2, 0.25) is 0 Å². The molecular formula is C12H12FNO2. The van der Waals surface area contributed by atoms with Gasteiger partial charge in [0.25, 0.3) is 0 Å². The van der Waals surface area contributed by atoms with Crippen LogP contribution in [0.3, 0.4) is 0 Å². The second-order valence-corrected chi connectivity index (χ2v) is 3.57. The molecule has 0 fully saturated rings. The summed E-state index contributed by atoms with van der Waals surface area (Å²) in [5, 5.41) is 0.578. The fraction of sp³-hybridized carbons (Fsp3) is 0.250. The average molecular weight is 221 g/mol. The molecule has 4 heteroatoms. The molecular weight excluding hydrogens is 209 g/mol. The highest BCUT2D eigenvalue weighted by atomic mass is 19.1. The van der Waals surface area contributed by atoms with Crippen molar-refractivity contribution < 1.29 is 13.9 Å². The molecule has 1 aromatic carbocycles. The van der Waals surface area contributed by atoms with Crippen LogP contribution in [0.4, 0.5) is 4.39 Å². The van der Waals surface area contributed by atoms with Crippen LogP contribution in [0.15, 0.2) is 24.4 Å². The van der Waals surface area contributed by atoms with E-state index in [0.29, 0.717) is 11.8 Å². The third kappa shape index (κ3) is 2.05. The smallest absolute Gasteiger partial charge is 0.302 e. The largest absolute Gasteiger partial charge is 0.466 e. The van der Waals surface area contributed by atoms with Crippen LogP contribution in [-0.4, -0.2) is 17.6 Å². The van der Waals surface area contributed by atoms with Crippen molar-refractivity contribution in [3.63, 3.8) is 0 Å². The first-order valence-electron chi connectivity index (χ1n) is 5.06. The van der Waals surface area contributed by atoms with Gasteiger partial charge in [0.1, 0.15) is 5.82 Å². The van der Waals surface area contributed by atoms with Gasteiger partial charge < -0.3 is 9.72 Å². The number of halogens is 1. The van der Waals surface area contributed by atoms with Crippen LogP contribution in [-0.2, 0) is 16.0 Å². The summed E-state index contributed by atoms with van der Waals surface area (Å²) in [5.41, 5.74) is 1.59. The Morgan fingerprint density at radius 1 is 1.50 bits per heavy atom. The normalized spacial score (nSPS) is 10.6. The number of fused-ring (bicyclic) bond motifs is 1. The Kier molecular flexibility index (Phi) is 2.90. The van der Waals surface area contributed by atoms with Gasteiger partial charge in [-0.3, -0.25) is 4.79 Å². The highest BCUT2D eigenvalue weighted by Crippen LogP contribution is 2.21. The number of aromatic amines is 1. The van der Waals surface area contributed by atoms with Crippen LogP contribution in [0.2, 0.25) is 0 Å². The van der Waals surface area contributed by atoms with E-state index in [1.54, 1.807) is 12.3 Å². The van der Waals surface area contributed by atoms with E-state index in [-0.39, 0.29) is 18.4 Å². The van der Waals surface area contributed by atoms with Gasteiger partial charge in [0.05, 0.1) is 6.61 Å². The van der Waals surface area contributed by atoms with E-state index in [9.17, 15) is 9.18 Å². The molecule has 1 aromatic heterocycles. The minimum Gasteiger partial charge on any atom is -0.466 e. The molecule has 84 valence electrons. The fourth-order valence-corrected chi connectivity index (χ4v) is 1.71. The van der Waals surface area contributed by atoms with E-state index in [4.69, 9.17) is 4.74 Å². The number of carbonyl (C=O) groups excluding carboxylic acids is 1. The molecule has 0 aliphatic rings. The molecule has 3 nitrogen and oxygen atoms in total. The van der Waals surface area contributed by atoms with Crippen molar-refractivity contribution in [2.75, 3.05) is 6.61 Å². The molecule has 0 aliphatic carbocycles. The first-order chi connectivity index (χ1) is 7.68. The Balaban J connectivity index is 2.21. The topological polar surface area (TPSA) is 42.1 Å². The Morgan fingerprint density at radius 3 is 3.06 bits per heavy atom. The molecule has 0 atom stereocenters. The summed E-state index contributed by atoms with van der Waals surface area (Å²) in [6.07, 6.45) is 2.26. The SMILES string of the molecule is CC(=O)OCCc1c[nH]c2cccc(F)c12. The van der Waals surface area contributed by atoms with Crippen molar-refractivity contribution in [3.8, 4) is 0 Å². The summed E-state index contributed by atoms with van der Waals surface area (Å²) in [6, 6.07) is 4.89. The van der Waals surface area contributed by atoms with E-state index < -0.39 is 0 Å². The Morgan fingerprint density at radius 2 is 2.31 bits per heavy atom. The van der Waals surface area contributed by atoms with Gasteiger partial charge in [-0.25, -0.2) is 4.39 Å². The predicted octanol–water partition coefficient (Wildman–Crippen LogP) is 2.41. The van der Waals surface area contributed by atoms with Crippen molar-refractivity contribution in [2.45, 2.75) is 13.3 Å². The molecule has 16 heavy (non-hydrogen) atoms. The predicted molar refractivity (Wildman–Crippen MR) is 58.6 cm³/mol. The fourth-order valence-electron chi connectivity index (χ4n) is 1.71. The zero-order chi connectivity index (χ0) is 11.5. The lowest BCUT2D eigenvalue weighted by Crippen LogP contribution is -2.03. The van der Waals surface area contributed by atoms with Crippen LogP contribution in [0, 0.1) is 5.82 Å². The van der Waals surface area contributed by atoms with E-state index in [1.807, 2.05) is 6.07 Å². The molecule has 0 spiro atoms. The lowest BCUT2D eigenvalue weighted by atomic mass is 10.1. The molecule has 0 aliphatic heterocycles. The van der Waals surface area contributed by atoms with E-state index in [2.05, 4.69) is 4.98 Å². The quantitative estimate of drug-likeness (QED) is 0.809. The van der Waals surface area contributed by atoms with Crippen molar-refractivity contribution in [3.05, 3.63) is 35.8 Å². The van der Waals surface area contributed by atoms with Crippen LogP contribution >= 0.6 is 0 Å². The van der Waals surface area contributed by atoms with Gasteiger partial charge in [0.15, 0.2) is 0 Å². The number of nitrogens with one attached hydrogen (secondary N) is 1. The molecule has 2 rings (SSSR count). The Labute approximate surface area is 92.2 Å². The van der Waals surface area contributed by atoms with E-state index in [1.165, 1.54) is 13.0 Å². The minimum absolute atomic E-state index is 0.253. The van der Waals surface area contributed by atoms with Crippen molar-refractivity contribution >= 4 is 16.9 Å². The number of benzene rings is 1. The maximum atomic E-state index is 13.5. The summed E-state index contributed by atoms with van der Waals surface area (Å²) in [6.45, 7) is 1.63. The summed E-state index contributed by atoms with van der Waals surface area (Å²) in [4.78, 5) is 13.6. The number of hydrogen-bond acceptors (Lipinski definition) is 2. The van der Waals surface area contributed by atoms with Crippen LogP contribution in [0.5, 0.6) is 0 Å². The van der Waals surface area contributed by atoms with Crippen LogP contribution in [0.25, 0.3) is 10.9 Å². The second-order valence-electron chi connectivity index (χ2n) is 3.57. The lowest BCUT2D eigenvalue weighted by molar-refractivity contribution is -0.140. The van der Waals surface area contributed by atoms with E-state index in [0.717, 1.165) is 11.1 Å². The third-order valence-corrected chi connectivity index (χ3v) is 2.41. The minimum atomic E-state index is -0.319. The molecule has 0 amide bonds. The summed E-state index contributed by atoms with van der Waals surface area (Å²) in [5.74, 6) is -0.572. The van der Waals surface area contributed by atoms with Gasteiger partial charge in [-0.05, 0) is 17.7 Å². The summed E-state index contributed by atoms with van der Waals surface area (Å²) in [7, 11) is 0. The molecule has 0 radical (unpaired) electrons. The maximum Gasteiger partial charge on any atom is 0.302 e. The average Bonchev–Trinajstić information content (AvgIpc) is 2.62. The van der Waals surface area contributed by atoms with Gasteiger partial charge in [-0.2, -0.15) is 0 Å². The van der Waals surface area contributed by atoms with Crippen molar-refractivity contribution in [1.29, 1.82) is 0 Å². The number of aromatic nitrogens is 1. The summed E-state index contributed by atoms with van der Waals surface area (Å²) < 4.78 is 18.4. The number of hydrogen-bond donors (Lipinski definition) is 1. The molecule has 0 saturated heterocycles. The number of H-pyrrole nitrogens is 1. The van der Waals surface area contributed by atoms with E-state index >= 15 is 0 Å². The maximum absolute atomic E-state index is 13.5. The first kappa shape index (κ1) is 10.7. The zero-order valence-corrected chi connectivity index (χ0v) is 8.92. The van der Waals surface area contributed by atoms with Crippen LogP contribution in [0.1, 0.15) is 12.5 Å². The lowest BCUT2D eigenvalue weighted by Gasteiger charge is -2.01. The van der Waals surface area contributed by atoms with Gasteiger partial charge in [0, 0.05) is 30.4 Å². The van der Waals surface area contributed by atoms with Crippen LogP contribution < -0.4 is 0 Å². The number of ether oxygens (including phenoxy) is 1. The van der Waals surface area contributed by atoms with Crippen molar-refractivity contribution in [2.24, 2.45) is 0 Å². The monoisotopic (exact) mass is 221 g/mol. The van der Waals surface area contributed by atoms with Gasteiger partial charge in [-0.15, -0.1) is 0 Å². The highest BCUT2D eigenvalue weighted by Gasteiger charge is 2.08. The van der Waals surface area contributed by atoms with Crippen molar-refractivity contribution in [1.82, 2.24) is 4.98 Å². The summed E-state index contributed by atoms with van der Waals surface area (Å²) >= 11 is 0. The first-order valence-corrected chi connectivity index (χ1v) is 5.06. The Hall–Kier alpha value is -1.84. The van der Waals surface area contributed by atoms with Gasteiger partial charge >= 0.3 is 5.97 Å². The molecule has 0 unspecified atom stereocenters. The molecule has 0 bridgehead atoms. The van der Waals surface area contributed by atoms with Gasteiger partial charge in [-0.1, -0.05) is 6.07 Å². The second kappa shape index (κ2) is 4.35. The standard InChI is InChI=1S/C12H12FNO2/c1-8(15)16-6-5-9-7-14-11-4-2-3-10(13)12(9)11/h2-4,7,14H,5-6H2,1H3. The number of rotatable bonds is 3. The zero-order valence-electron chi connectivity index (χ0n) is 8.92. The highest BCUT2D eigenvalue weighted by molar-refractivity contribution is 5.83. The molecule has 2 aromatic rings. The number of esters is 1. The Bertz CT molecular complexity index is 519. The molecule has 0 saturated carbocycles. The molecule has 1 heterocycles. The molecule has 1 N–H and O–H groups in total. The number of carbonyl (C=O) groups is 1. The third-order valence-electron chi connectivity index (χ3n) is 2.41.